The molecule has 1 atom stereocenters. The van der Waals surface area contributed by atoms with Crippen molar-refractivity contribution in [2.24, 2.45) is 0 Å². The largest absolute Gasteiger partial charge is 0.481 e. The molecule has 0 saturated carbocycles. The minimum Gasteiger partial charge on any atom is -0.481 e. The lowest BCUT2D eigenvalue weighted by atomic mass is 10.1. The van der Waals surface area contributed by atoms with Gasteiger partial charge >= 0.3 is 5.97 Å². The molecule has 7 heteroatoms. The van der Waals surface area contributed by atoms with E-state index in [-0.39, 0.29) is 24.0 Å². The number of carboxylic acid groups (broad SMARTS) is 1. The summed E-state index contributed by atoms with van der Waals surface area (Å²) in [7, 11) is -2.98. The third-order valence-corrected chi connectivity index (χ3v) is 5.50. The molecule has 0 bridgehead atoms. The standard InChI is InChI=1S/C13H20N2O4S/c1-3-11-10(7-13(16)17)12(4-2)15(14-11)9-5-6-20(18,19)8-9/h9H,3-8H2,1-2H3,(H,16,17). The first-order chi connectivity index (χ1) is 9.38. The van der Waals surface area contributed by atoms with Crippen LogP contribution in [0.3, 0.4) is 0 Å². The Labute approximate surface area is 118 Å². The highest BCUT2D eigenvalue weighted by molar-refractivity contribution is 7.91. The maximum absolute atomic E-state index is 11.6. The van der Waals surface area contributed by atoms with Crippen molar-refractivity contribution in [3.63, 3.8) is 0 Å². The molecule has 0 radical (unpaired) electrons. The molecule has 1 N–H and O–H groups in total. The van der Waals surface area contributed by atoms with Gasteiger partial charge in [0.1, 0.15) is 0 Å². The fourth-order valence-electron chi connectivity index (χ4n) is 2.84. The van der Waals surface area contributed by atoms with Crippen LogP contribution in [0.4, 0.5) is 0 Å². The van der Waals surface area contributed by atoms with Gasteiger partial charge in [-0.2, -0.15) is 5.10 Å². The lowest BCUT2D eigenvalue weighted by Gasteiger charge is -2.13. The molecule has 2 heterocycles. The van der Waals surface area contributed by atoms with Gasteiger partial charge in [-0.3, -0.25) is 9.48 Å². The Kier molecular flexibility index (Phi) is 4.17. The number of nitrogens with zero attached hydrogens (tertiary/aromatic N) is 2. The summed E-state index contributed by atoms with van der Waals surface area (Å²) in [5.74, 6) is -0.582. The van der Waals surface area contributed by atoms with E-state index in [9.17, 15) is 13.2 Å². The van der Waals surface area contributed by atoms with Gasteiger partial charge in [-0.15, -0.1) is 0 Å². The summed E-state index contributed by atoms with van der Waals surface area (Å²) in [6.07, 6.45) is 1.83. The number of aryl methyl sites for hydroxylation is 1. The van der Waals surface area contributed by atoms with Crippen LogP contribution in [0.25, 0.3) is 0 Å². The van der Waals surface area contributed by atoms with Crippen LogP contribution in [-0.2, 0) is 33.9 Å². The number of rotatable bonds is 5. The summed E-state index contributed by atoms with van der Waals surface area (Å²) in [5, 5.41) is 13.5. The molecule has 1 fully saturated rings. The van der Waals surface area contributed by atoms with Crippen LogP contribution in [0.5, 0.6) is 0 Å². The van der Waals surface area contributed by atoms with Crippen molar-refractivity contribution in [3.05, 3.63) is 17.0 Å². The van der Waals surface area contributed by atoms with E-state index in [4.69, 9.17) is 5.11 Å². The second-order valence-electron chi connectivity index (χ2n) is 5.15. The number of sulfone groups is 1. The molecule has 1 aliphatic heterocycles. The van der Waals surface area contributed by atoms with Gasteiger partial charge in [0.15, 0.2) is 9.84 Å². The lowest BCUT2D eigenvalue weighted by molar-refractivity contribution is -0.136. The molecule has 1 unspecified atom stereocenters. The topological polar surface area (TPSA) is 89.3 Å². The monoisotopic (exact) mass is 300 g/mol. The van der Waals surface area contributed by atoms with Gasteiger partial charge in [0, 0.05) is 11.3 Å². The summed E-state index contributed by atoms with van der Waals surface area (Å²) < 4.78 is 25.0. The minimum absolute atomic E-state index is 0.0498. The van der Waals surface area contributed by atoms with Crippen LogP contribution in [-0.4, -0.2) is 40.8 Å². The van der Waals surface area contributed by atoms with Crippen LogP contribution in [0.15, 0.2) is 0 Å². The van der Waals surface area contributed by atoms with E-state index in [1.165, 1.54) is 0 Å². The molecule has 0 aliphatic carbocycles. The number of hydrogen-bond acceptors (Lipinski definition) is 4. The van der Waals surface area contributed by atoms with Gasteiger partial charge in [0.05, 0.1) is 29.7 Å². The van der Waals surface area contributed by atoms with Crippen molar-refractivity contribution in [2.45, 2.75) is 45.6 Å². The number of aromatic nitrogens is 2. The molecular formula is C13H20N2O4S. The molecule has 0 spiro atoms. The Morgan fingerprint density at radius 1 is 1.40 bits per heavy atom. The second kappa shape index (κ2) is 5.55. The summed E-state index contributed by atoms with van der Waals surface area (Å²) in [6.45, 7) is 3.88. The zero-order valence-electron chi connectivity index (χ0n) is 11.8. The smallest absolute Gasteiger partial charge is 0.307 e. The summed E-state index contributed by atoms with van der Waals surface area (Å²) >= 11 is 0. The molecular weight excluding hydrogens is 280 g/mol. The lowest BCUT2D eigenvalue weighted by Crippen LogP contribution is -2.15. The maximum Gasteiger partial charge on any atom is 0.307 e. The molecule has 0 amide bonds. The molecule has 1 saturated heterocycles. The van der Waals surface area contributed by atoms with Gasteiger partial charge < -0.3 is 5.11 Å². The van der Waals surface area contributed by atoms with Crippen molar-refractivity contribution >= 4 is 15.8 Å². The molecule has 6 nitrogen and oxygen atoms in total. The van der Waals surface area contributed by atoms with Gasteiger partial charge in [0.2, 0.25) is 0 Å². The van der Waals surface area contributed by atoms with E-state index in [2.05, 4.69) is 5.10 Å². The number of carbonyl (C=O) groups is 1. The molecule has 1 aromatic heterocycles. The first kappa shape index (κ1) is 15.0. The van der Waals surface area contributed by atoms with Crippen LogP contribution in [0, 0.1) is 0 Å². The molecule has 1 aromatic rings. The van der Waals surface area contributed by atoms with Gasteiger partial charge in [0.25, 0.3) is 0 Å². The van der Waals surface area contributed by atoms with Crippen molar-refractivity contribution in [2.75, 3.05) is 11.5 Å². The zero-order valence-corrected chi connectivity index (χ0v) is 12.6. The van der Waals surface area contributed by atoms with Crippen LogP contribution in [0.2, 0.25) is 0 Å². The molecule has 2 rings (SSSR count). The Morgan fingerprint density at radius 3 is 2.55 bits per heavy atom. The van der Waals surface area contributed by atoms with Crippen molar-refractivity contribution in [1.82, 2.24) is 9.78 Å². The molecule has 1 aliphatic rings. The fraction of sp³-hybridized carbons (Fsp3) is 0.692. The van der Waals surface area contributed by atoms with E-state index in [1.807, 2.05) is 13.8 Å². The van der Waals surface area contributed by atoms with E-state index < -0.39 is 15.8 Å². The third-order valence-electron chi connectivity index (χ3n) is 3.75. The van der Waals surface area contributed by atoms with Crippen molar-refractivity contribution < 1.29 is 18.3 Å². The van der Waals surface area contributed by atoms with Crippen molar-refractivity contribution in [3.8, 4) is 0 Å². The first-order valence-electron chi connectivity index (χ1n) is 6.89. The van der Waals surface area contributed by atoms with E-state index in [1.54, 1.807) is 4.68 Å². The summed E-state index contributed by atoms with van der Waals surface area (Å²) in [4.78, 5) is 11.0. The Hall–Kier alpha value is -1.37. The predicted octanol–water partition coefficient (Wildman–Crippen LogP) is 0.995. The summed E-state index contributed by atoms with van der Waals surface area (Å²) in [5.41, 5.74) is 2.40. The van der Waals surface area contributed by atoms with Crippen LogP contribution in [0.1, 0.15) is 43.3 Å². The maximum atomic E-state index is 11.6. The average Bonchev–Trinajstić information content (AvgIpc) is 2.88. The van der Waals surface area contributed by atoms with Crippen LogP contribution < -0.4 is 0 Å². The van der Waals surface area contributed by atoms with Crippen LogP contribution >= 0.6 is 0 Å². The molecule has 0 aromatic carbocycles. The van der Waals surface area contributed by atoms with Gasteiger partial charge in [-0.1, -0.05) is 13.8 Å². The van der Waals surface area contributed by atoms with Gasteiger partial charge in [-0.25, -0.2) is 8.42 Å². The van der Waals surface area contributed by atoms with E-state index in [0.717, 1.165) is 17.0 Å². The number of hydrogen-bond donors (Lipinski definition) is 1. The SMILES string of the molecule is CCc1nn(C2CCS(=O)(=O)C2)c(CC)c1CC(=O)O. The summed E-state index contributed by atoms with van der Waals surface area (Å²) in [6, 6.07) is -0.150. The highest BCUT2D eigenvalue weighted by Gasteiger charge is 2.32. The van der Waals surface area contributed by atoms with Gasteiger partial charge in [-0.05, 0) is 19.3 Å². The highest BCUT2D eigenvalue weighted by Crippen LogP contribution is 2.28. The zero-order chi connectivity index (χ0) is 14.9. The first-order valence-corrected chi connectivity index (χ1v) is 8.71. The average molecular weight is 300 g/mol. The number of aliphatic carboxylic acids is 1. The third kappa shape index (κ3) is 2.87. The second-order valence-corrected chi connectivity index (χ2v) is 7.38. The normalized spacial score (nSPS) is 21.2. The number of carboxylic acids is 1. The van der Waals surface area contributed by atoms with Crippen molar-refractivity contribution in [1.29, 1.82) is 0 Å². The Morgan fingerprint density at radius 2 is 2.10 bits per heavy atom. The highest BCUT2D eigenvalue weighted by atomic mass is 32.2. The molecule has 20 heavy (non-hydrogen) atoms. The quantitative estimate of drug-likeness (QED) is 0.876. The minimum atomic E-state index is -2.98. The Balaban J connectivity index is 2.43. The Bertz CT molecular complexity index is 619. The van der Waals surface area contributed by atoms with E-state index >= 15 is 0 Å². The predicted molar refractivity (Wildman–Crippen MR) is 74.6 cm³/mol. The van der Waals surface area contributed by atoms with E-state index in [0.29, 0.717) is 19.3 Å². The fourth-order valence-corrected chi connectivity index (χ4v) is 4.53. The molecule has 112 valence electrons.